The van der Waals surface area contributed by atoms with E-state index in [4.69, 9.17) is 10.5 Å². The van der Waals surface area contributed by atoms with E-state index in [0.717, 1.165) is 30.8 Å². The zero-order valence-electron chi connectivity index (χ0n) is 12.5. The van der Waals surface area contributed by atoms with Gasteiger partial charge in [-0.1, -0.05) is 56.2 Å². The van der Waals surface area contributed by atoms with Crippen molar-refractivity contribution in [2.75, 3.05) is 0 Å². The molecular formula is C18H23NO2. The highest BCUT2D eigenvalue weighted by atomic mass is 16.5. The lowest BCUT2D eigenvalue weighted by molar-refractivity contribution is -0.118. The van der Waals surface area contributed by atoms with Crippen molar-refractivity contribution in [2.45, 2.75) is 32.6 Å². The molecule has 3 heteroatoms. The first-order chi connectivity index (χ1) is 10.2. The van der Waals surface area contributed by atoms with E-state index >= 15 is 0 Å². The van der Waals surface area contributed by atoms with Crippen molar-refractivity contribution in [3.8, 4) is 11.5 Å². The molecule has 0 heterocycles. The summed E-state index contributed by atoms with van der Waals surface area (Å²) in [5.74, 6) is 1.56. The Hall–Kier alpha value is -2.29. The molecule has 112 valence electrons. The number of unbranched alkanes of at least 4 members (excludes halogenated alkanes) is 2. The van der Waals surface area contributed by atoms with E-state index in [9.17, 15) is 4.79 Å². The van der Waals surface area contributed by atoms with Gasteiger partial charge in [0.2, 0.25) is 5.91 Å². The first-order valence-corrected chi connectivity index (χ1v) is 7.28. The summed E-state index contributed by atoms with van der Waals surface area (Å²) in [6.45, 7) is 2.10. The van der Waals surface area contributed by atoms with Crippen molar-refractivity contribution in [3.05, 3.63) is 60.7 Å². The smallest absolute Gasteiger partial charge is 0.217 e. The molecule has 0 bridgehead atoms. The van der Waals surface area contributed by atoms with Crippen molar-refractivity contribution in [1.29, 1.82) is 0 Å². The van der Waals surface area contributed by atoms with Gasteiger partial charge in [-0.15, -0.1) is 0 Å². The van der Waals surface area contributed by atoms with Crippen LogP contribution in [0.25, 0.3) is 0 Å². The van der Waals surface area contributed by atoms with Gasteiger partial charge in [0.15, 0.2) is 0 Å². The highest BCUT2D eigenvalue weighted by Gasteiger charge is 1.92. The van der Waals surface area contributed by atoms with Gasteiger partial charge < -0.3 is 10.5 Å². The maximum atomic E-state index is 10.1. The Balaban J connectivity index is 0.000000240. The molecule has 0 aliphatic carbocycles. The molecule has 0 aromatic heterocycles. The monoisotopic (exact) mass is 285 g/mol. The van der Waals surface area contributed by atoms with Gasteiger partial charge in [0.25, 0.3) is 0 Å². The van der Waals surface area contributed by atoms with Crippen molar-refractivity contribution in [2.24, 2.45) is 5.73 Å². The van der Waals surface area contributed by atoms with E-state index < -0.39 is 0 Å². The molecule has 0 saturated carbocycles. The van der Waals surface area contributed by atoms with Crippen molar-refractivity contribution >= 4 is 5.91 Å². The Morgan fingerprint density at radius 1 is 0.905 bits per heavy atom. The summed E-state index contributed by atoms with van der Waals surface area (Å²) in [5, 5.41) is 0. The van der Waals surface area contributed by atoms with Gasteiger partial charge in [-0.05, 0) is 30.7 Å². The normalized spacial score (nSPS) is 9.38. The number of hydrogen-bond donors (Lipinski definition) is 1. The largest absolute Gasteiger partial charge is 0.457 e. The van der Waals surface area contributed by atoms with Gasteiger partial charge >= 0.3 is 0 Å². The van der Waals surface area contributed by atoms with Gasteiger partial charge in [-0.2, -0.15) is 0 Å². The minimum Gasteiger partial charge on any atom is -0.457 e. The Bertz CT molecular complexity index is 460. The molecule has 3 nitrogen and oxygen atoms in total. The minimum absolute atomic E-state index is 0.182. The zero-order valence-corrected chi connectivity index (χ0v) is 12.5. The second kappa shape index (κ2) is 10.5. The van der Waals surface area contributed by atoms with E-state index in [0.29, 0.717) is 6.42 Å². The minimum atomic E-state index is -0.182. The van der Waals surface area contributed by atoms with Crippen LogP contribution in [0.4, 0.5) is 0 Å². The predicted octanol–water partition coefficient (Wildman–Crippen LogP) is 4.53. The van der Waals surface area contributed by atoms with Gasteiger partial charge in [0.05, 0.1) is 0 Å². The van der Waals surface area contributed by atoms with Crippen LogP contribution in [-0.2, 0) is 4.79 Å². The third-order valence-corrected chi connectivity index (χ3v) is 2.75. The number of carbonyl (C=O) groups is 1. The number of primary amides is 1. The topological polar surface area (TPSA) is 52.3 Å². The van der Waals surface area contributed by atoms with Gasteiger partial charge in [0.1, 0.15) is 11.5 Å². The second-order valence-corrected chi connectivity index (χ2v) is 4.65. The molecule has 0 aliphatic heterocycles. The molecule has 0 fully saturated rings. The summed E-state index contributed by atoms with van der Waals surface area (Å²) in [7, 11) is 0. The van der Waals surface area contributed by atoms with E-state index in [2.05, 4.69) is 6.92 Å². The maximum Gasteiger partial charge on any atom is 0.217 e. The predicted molar refractivity (Wildman–Crippen MR) is 86.3 cm³/mol. The number of nitrogens with two attached hydrogens (primary N) is 1. The fourth-order valence-corrected chi connectivity index (χ4v) is 1.66. The lowest BCUT2D eigenvalue weighted by Gasteiger charge is -2.03. The average molecular weight is 285 g/mol. The standard InChI is InChI=1S/C12H10O.C6H13NO/c1-3-7-11(8-4-1)13-12-9-5-2-6-10-12;1-2-3-4-5-6(7)8/h1-10H;2-5H2,1H3,(H2,7,8). The summed E-state index contributed by atoms with van der Waals surface area (Å²) >= 11 is 0. The maximum absolute atomic E-state index is 10.1. The fraction of sp³-hybridized carbons (Fsp3) is 0.278. The average Bonchev–Trinajstić information content (AvgIpc) is 2.50. The molecule has 21 heavy (non-hydrogen) atoms. The molecule has 2 aromatic carbocycles. The number of amides is 1. The molecule has 0 atom stereocenters. The van der Waals surface area contributed by atoms with Crippen LogP contribution in [0.2, 0.25) is 0 Å². The van der Waals surface area contributed by atoms with Crippen LogP contribution in [0, 0.1) is 0 Å². The van der Waals surface area contributed by atoms with Gasteiger partial charge in [0, 0.05) is 6.42 Å². The first kappa shape index (κ1) is 16.8. The number of hydrogen-bond acceptors (Lipinski definition) is 2. The number of rotatable bonds is 6. The Kier molecular flexibility index (Phi) is 8.38. The Morgan fingerprint density at radius 2 is 1.38 bits per heavy atom. The van der Waals surface area contributed by atoms with Crippen LogP contribution in [0.5, 0.6) is 11.5 Å². The van der Waals surface area contributed by atoms with Crippen LogP contribution in [-0.4, -0.2) is 5.91 Å². The van der Waals surface area contributed by atoms with Crippen LogP contribution < -0.4 is 10.5 Å². The molecule has 0 saturated heterocycles. The lowest BCUT2D eigenvalue weighted by atomic mass is 10.2. The molecule has 0 aliphatic rings. The molecule has 2 rings (SSSR count). The van der Waals surface area contributed by atoms with Crippen LogP contribution in [0.1, 0.15) is 32.6 Å². The molecule has 0 radical (unpaired) electrons. The highest BCUT2D eigenvalue weighted by molar-refractivity contribution is 5.73. The van der Waals surface area contributed by atoms with Crippen molar-refractivity contribution < 1.29 is 9.53 Å². The summed E-state index contributed by atoms with van der Waals surface area (Å²) < 4.78 is 5.58. The first-order valence-electron chi connectivity index (χ1n) is 7.28. The number of para-hydroxylation sites is 2. The van der Waals surface area contributed by atoms with Gasteiger partial charge in [-0.25, -0.2) is 0 Å². The summed E-state index contributed by atoms with van der Waals surface area (Å²) in [6, 6.07) is 19.5. The molecular weight excluding hydrogens is 262 g/mol. The van der Waals surface area contributed by atoms with Crippen molar-refractivity contribution in [3.63, 3.8) is 0 Å². The summed E-state index contributed by atoms with van der Waals surface area (Å²) in [5.41, 5.74) is 4.89. The summed E-state index contributed by atoms with van der Waals surface area (Å²) in [6.07, 6.45) is 3.76. The summed E-state index contributed by atoms with van der Waals surface area (Å²) in [4.78, 5) is 10.1. The fourth-order valence-electron chi connectivity index (χ4n) is 1.66. The SMILES string of the molecule is CCCCCC(N)=O.c1ccc(Oc2ccccc2)cc1. The lowest BCUT2D eigenvalue weighted by Crippen LogP contribution is -2.09. The zero-order chi connectivity index (χ0) is 15.3. The molecule has 2 N–H and O–H groups in total. The molecule has 0 spiro atoms. The number of benzene rings is 2. The molecule has 0 unspecified atom stereocenters. The molecule has 2 aromatic rings. The number of ether oxygens (including phenoxy) is 1. The third kappa shape index (κ3) is 8.47. The second-order valence-electron chi connectivity index (χ2n) is 4.65. The van der Waals surface area contributed by atoms with Gasteiger partial charge in [-0.3, -0.25) is 4.79 Å². The van der Waals surface area contributed by atoms with Crippen LogP contribution >= 0.6 is 0 Å². The molecule has 1 amide bonds. The van der Waals surface area contributed by atoms with E-state index in [-0.39, 0.29) is 5.91 Å². The van der Waals surface area contributed by atoms with Crippen LogP contribution in [0.15, 0.2) is 60.7 Å². The highest BCUT2D eigenvalue weighted by Crippen LogP contribution is 2.19. The third-order valence-electron chi connectivity index (χ3n) is 2.75. The quantitative estimate of drug-likeness (QED) is 0.793. The Labute approximate surface area is 126 Å². The van der Waals surface area contributed by atoms with E-state index in [1.54, 1.807) is 0 Å². The van der Waals surface area contributed by atoms with Crippen LogP contribution in [0.3, 0.4) is 0 Å². The van der Waals surface area contributed by atoms with E-state index in [1.807, 2.05) is 60.7 Å². The number of carbonyl (C=O) groups excluding carboxylic acids is 1. The van der Waals surface area contributed by atoms with E-state index in [1.165, 1.54) is 0 Å². The van der Waals surface area contributed by atoms with Crippen molar-refractivity contribution in [1.82, 2.24) is 0 Å². The Morgan fingerprint density at radius 3 is 1.76 bits per heavy atom.